The van der Waals surface area contributed by atoms with Gasteiger partial charge in [-0.1, -0.05) is 18.2 Å². The van der Waals surface area contributed by atoms with Gasteiger partial charge in [-0.15, -0.1) is 0 Å². The van der Waals surface area contributed by atoms with Crippen LogP contribution in [-0.2, 0) is 25.8 Å². The maximum atomic E-state index is 13.4. The fourth-order valence-electron chi connectivity index (χ4n) is 2.49. The minimum absolute atomic E-state index is 0.0319. The number of amides is 2. The highest BCUT2D eigenvalue weighted by atomic mass is 32.2. The Morgan fingerprint density at radius 3 is 2.65 bits per heavy atom. The Labute approximate surface area is 134 Å². The molecule has 1 saturated heterocycles. The van der Waals surface area contributed by atoms with E-state index in [0.29, 0.717) is 12.0 Å². The van der Waals surface area contributed by atoms with Gasteiger partial charge in [0.25, 0.3) is 0 Å². The first-order valence-electron chi connectivity index (χ1n) is 7.29. The van der Waals surface area contributed by atoms with Crippen LogP contribution in [0.4, 0.5) is 4.39 Å². The van der Waals surface area contributed by atoms with Crippen LogP contribution in [0.25, 0.3) is 0 Å². The van der Waals surface area contributed by atoms with E-state index in [9.17, 15) is 22.4 Å². The number of carbonyl (C=O) groups excluding carboxylic acids is 2. The molecule has 2 rings (SSSR count). The molecule has 0 saturated carbocycles. The van der Waals surface area contributed by atoms with Crippen LogP contribution in [0, 0.1) is 5.82 Å². The molecule has 1 unspecified atom stereocenters. The molecule has 1 atom stereocenters. The summed E-state index contributed by atoms with van der Waals surface area (Å²) >= 11 is 0. The second kappa shape index (κ2) is 7.08. The van der Waals surface area contributed by atoms with Crippen molar-refractivity contribution < 1.29 is 22.4 Å². The average Bonchev–Trinajstić information content (AvgIpc) is 2.87. The number of rotatable bonds is 4. The van der Waals surface area contributed by atoms with Crippen molar-refractivity contribution in [1.82, 2.24) is 10.2 Å². The highest BCUT2D eigenvalue weighted by molar-refractivity contribution is 7.91. The van der Waals surface area contributed by atoms with Gasteiger partial charge in [-0.05, 0) is 24.5 Å². The Hall–Kier alpha value is -1.96. The van der Waals surface area contributed by atoms with Gasteiger partial charge in [0.05, 0.1) is 11.5 Å². The third kappa shape index (κ3) is 4.51. The predicted octanol–water partition coefficient (Wildman–Crippen LogP) is 0.130. The lowest BCUT2D eigenvalue weighted by Crippen LogP contribution is -2.46. The van der Waals surface area contributed by atoms with E-state index in [2.05, 4.69) is 5.32 Å². The zero-order chi connectivity index (χ0) is 17.0. The Balaban J connectivity index is 1.83. The first-order valence-corrected chi connectivity index (χ1v) is 9.11. The van der Waals surface area contributed by atoms with Gasteiger partial charge in [-0.25, -0.2) is 12.8 Å². The summed E-state index contributed by atoms with van der Waals surface area (Å²) in [6.45, 7) is 0.127. The van der Waals surface area contributed by atoms with Crippen molar-refractivity contribution in [2.45, 2.75) is 18.9 Å². The highest BCUT2D eigenvalue weighted by Crippen LogP contribution is 2.16. The normalized spacial score (nSPS) is 19.3. The average molecular weight is 342 g/mol. The van der Waals surface area contributed by atoms with Crippen molar-refractivity contribution in [2.75, 3.05) is 25.1 Å². The van der Waals surface area contributed by atoms with Crippen LogP contribution in [-0.4, -0.2) is 56.3 Å². The van der Waals surface area contributed by atoms with E-state index in [1.165, 1.54) is 18.0 Å². The standard InChI is InChI=1S/C15H19FN2O4S/c1-18(12-7-9-23(21,22)10-12)15(20)14(19)17-8-6-11-4-2-3-5-13(11)16/h2-5,12H,6-10H2,1H3,(H,17,19). The van der Waals surface area contributed by atoms with E-state index in [4.69, 9.17) is 0 Å². The number of nitrogens with one attached hydrogen (secondary N) is 1. The van der Waals surface area contributed by atoms with E-state index in [1.807, 2.05) is 0 Å². The summed E-state index contributed by atoms with van der Waals surface area (Å²) in [5, 5.41) is 2.44. The van der Waals surface area contributed by atoms with E-state index in [-0.39, 0.29) is 30.3 Å². The maximum absolute atomic E-state index is 13.4. The van der Waals surface area contributed by atoms with Crippen LogP contribution in [0.5, 0.6) is 0 Å². The molecule has 1 aliphatic heterocycles. The Morgan fingerprint density at radius 1 is 1.35 bits per heavy atom. The molecule has 1 heterocycles. The largest absolute Gasteiger partial charge is 0.347 e. The minimum Gasteiger partial charge on any atom is -0.347 e. The van der Waals surface area contributed by atoms with E-state index in [0.717, 1.165) is 0 Å². The molecule has 0 bridgehead atoms. The molecule has 126 valence electrons. The maximum Gasteiger partial charge on any atom is 0.311 e. The van der Waals surface area contributed by atoms with Crippen molar-refractivity contribution in [3.63, 3.8) is 0 Å². The molecule has 0 radical (unpaired) electrons. The number of likely N-dealkylation sites (N-methyl/N-ethyl adjacent to an activating group) is 1. The van der Waals surface area contributed by atoms with Crippen molar-refractivity contribution in [3.8, 4) is 0 Å². The number of nitrogens with zero attached hydrogens (tertiary/aromatic N) is 1. The highest BCUT2D eigenvalue weighted by Gasteiger charge is 2.34. The van der Waals surface area contributed by atoms with Gasteiger partial charge in [-0.3, -0.25) is 9.59 Å². The fraction of sp³-hybridized carbons (Fsp3) is 0.467. The Morgan fingerprint density at radius 2 is 2.04 bits per heavy atom. The van der Waals surface area contributed by atoms with Crippen molar-refractivity contribution >= 4 is 21.7 Å². The van der Waals surface area contributed by atoms with Crippen molar-refractivity contribution in [1.29, 1.82) is 0 Å². The number of benzene rings is 1. The topological polar surface area (TPSA) is 83.6 Å². The third-order valence-corrected chi connectivity index (χ3v) is 5.66. The number of carbonyl (C=O) groups is 2. The molecule has 1 aromatic rings. The molecular weight excluding hydrogens is 323 g/mol. The summed E-state index contributed by atoms with van der Waals surface area (Å²) in [5.74, 6) is -2.03. The van der Waals surface area contributed by atoms with E-state index >= 15 is 0 Å². The van der Waals surface area contributed by atoms with Gasteiger partial charge in [-0.2, -0.15) is 0 Å². The summed E-state index contributed by atoms with van der Waals surface area (Å²) in [4.78, 5) is 25.0. The molecular formula is C15H19FN2O4S. The van der Waals surface area contributed by atoms with Crippen molar-refractivity contribution in [2.24, 2.45) is 0 Å². The minimum atomic E-state index is -3.12. The molecule has 2 amide bonds. The number of sulfone groups is 1. The fourth-order valence-corrected chi connectivity index (χ4v) is 4.27. The van der Waals surface area contributed by atoms with Crippen LogP contribution in [0.2, 0.25) is 0 Å². The second-order valence-corrected chi connectivity index (χ2v) is 7.80. The molecule has 1 aromatic carbocycles. The summed E-state index contributed by atoms with van der Waals surface area (Å²) in [6.07, 6.45) is 0.611. The lowest BCUT2D eigenvalue weighted by molar-refractivity contribution is -0.146. The van der Waals surface area contributed by atoms with Gasteiger partial charge in [0, 0.05) is 19.6 Å². The van der Waals surface area contributed by atoms with Gasteiger partial charge >= 0.3 is 11.8 Å². The lowest BCUT2D eigenvalue weighted by Gasteiger charge is -2.22. The van der Waals surface area contributed by atoms with Crippen LogP contribution in [0.15, 0.2) is 24.3 Å². The summed E-state index contributed by atoms with van der Waals surface area (Å²) < 4.78 is 36.3. The van der Waals surface area contributed by atoms with E-state index < -0.39 is 27.7 Å². The van der Waals surface area contributed by atoms with Crippen molar-refractivity contribution in [3.05, 3.63) is 35.6 Å². The monoisotopic (exact) mass is 342 g/mol. The van der Waals surface area contributed by atoms with Gasteiger partial charge in [0.2, 0.25) is 0 Å². The summed E-state index contributed by atoms with van der Waals surface area (Å²) in [7, 11) is -1.70. The molecule has 1 fully saturated rings. The summed E-state index contributed by atoms with van der Waals surface area (Å²) in [5.41, 5.74) is 0.454. The molecule has 1 aliphatic rings. The Bertz CT molecular complexity index is 705. The molecule has 0 aliphatic carbocycles. The third-order valence-electron chi connectivity index (χ3n) is 3.91. The predicted molar refractivity (Wildman–Crippen MR) is 82.9 cm³/mol. The first kappa shape index (κ1) is 17.4. The number of hydrogen-bond acceptors (Lipinski definition) is 4. The number of hydrogen-bond donors (Lipinski definition) is 1. The van der Waals surface area contributed by atoms with Crippen LogP contribution in [0.3, 0.4) is 0 Å². The molecule has 6 nitrogen and oxygen atoms in total. The number of halogens is 1. The first-order chi connectivity index (χ1) is 10.8. The quantitative estimate of drug-likeness (QED) is 0.789. The second-order valence-electron chi connectivity index (χ2n) is 5.57. The molecule has 23 heavy (non-hydrogen) atoms. The smallest absolute Gasteiger partial charge is 0.311 e. The SMILES string of the molecule is CN(C(=O)C(=O)NCCc1ccccc1F)C1CCS(=O)(=O)C1. The van der Waals surface area contributed by atoms with Crippen LogP contribution < -0.4 is 5.32 Å². The van der Waals surface area contributed by atoms with E-state index in [1.54, 1.807) is 18.2 Å². The Kier molecular flexibility index (Phi) is 5.35. The molecule has 1 N–H and O–H groups in total. The van der Waals surface area contributed by atoms with Gasteiger partial charge in [0.1, 0.15) is 5.82 Å². The zero-order valence-corrected chi connectivity index (χ0v) is 13.6. The molecule has 0 spiro atoms. The lowest BCUT2D eigenvalue weighted by atomic mass is 10.1. The van der Waals surface area contributed by atoms with Crippen LogP contribution >= 0.6 is 0 Å². The summed E-state index contributed by atoms with van der Waals surface area (Å²) in [6, 6.07) is 5.74. The van der Waals surface area contributed by atoms with Crippen LogP contribution in [0.1, 0.15) is 12.0 Å². The molecule has 8 heteroatoms. The molecule has 0 aromatic heterocycles. The van der Waals surface area contributed by atoms with Gasteiger partial charge < -0.3 is 10.2 Å². The van der Waals surface area contributed by atoms with Gasteiger partial charge in [0.15, 0.2) is 9.84 Å². The zero-order valence-electron chi connectivity index (χ0n) is 12.8.